The largest absolute Gasteiger partial charge is 0.478 e. The van der Waals surface area contributed by atoms with Crippen LogP contribution >= 0.6 is 0 Å². The van der Waals surface area contributed by atoms with Crippen molar-refractivity contribution in [2.75, 3.05) is 37.6 Å². The SMILES string of the molecule is CC(Cc1ccc(Oc2cc(N3CCN(CC(=O)c4ccccc4)CC3)[nH]c(=O)n2)cc1)(Oc1ccccc1)C(=O)O. The third-order valence-corrected chi connectivity index (χ3v) is 7.11. The third kappa shape index (κ3) is 7.21. The molecule has 0 aliphatic carbocycles. The van der Waals surface area contributed by atoms with Crippen LogP contribution in [0.25, 0.3) is 0 Å². The first-order chi connectivity index (χ1) is 20.3. The van der Waals surface area contributed by atoms with E-state index in [2.05, 4.69) is 14.9 Å². The molecule has 1 atom stereocenters. The number of Topliss-reactive ketones (excluding diaryl/α,β-unsaturated/α-hetero) is 1. The van der Waals surface area contributed by atoms with E-state index >= 15 is 0 Å². The van der Waals surface area contributed by atoms with Crippen LogP contribution in [0.3, 0.4) is 0 Å². The summed E-state index contributed by atoms with van der Waals surface area (Å²) in [5, 5.41) is 9.85. The maximum Gasteiger partial charge on any atom is 0.349 e. The van der Waals surface area contributed by atoms with Crippen molar-refractivity contribution in [1.82, 2.24) is 14.9 Å². The quantitative estimate of drug-likeness (QED) is 0.258. The lowest BCUT2D eigenvalue weighted by Gasteiger charge is -2.35. The zero-order valence-corrected chi connectivity index (χ0v) is 23.2. The Morgan fingerprint density at radius 1 is 0.905 bits per heavy atom. The number of piperazine rings is 1. The molecule has 0 spiro atoms. The molecule has 216 valence electrons. The average molecular weight is 569 g/mol. The van der Waals surface area contributed by atoms with Crippen LogP contribution in [-0.2, 0) is 11.2 Å². The minimum atomic E-state index is -1.47. The number of benzene rings is 3. The number of para-hydroxylation sites is 1. The molecule has 0 amide bonds. The van der Waals surface area contributed by atoms with Gasteiger partial charge in [-0.2, -0.15) is 4.98 Å². The van der Waals surface area contributed by atoms with Crippen molar-refractivity contribution in [1.29, 1.82) is 0 Å². The van der Waals surface area contributed by atoms with Gasteiger partial charge in [0, 0.05) is 44.2 Å². The molecule has 2 heterocycles. The van der Waals surface area contributed by atoms with Crippen LogP contribution < -0.4 is 20.1 Å². The van der Waals surface area contributed by atoms with Crippen LogP contribution in [0.5, 0.6) is 17.4 Å². The van der Waals surface area contributed by atoms with Crippen molar-refractivity contribution in [3.63, 3.8) is 0 Å². The van der Waals surface area contributed by atoms with E-state index in [9.17, 15) is 19.5 Å². The Morgan fingerprint density at radius 2 is 1.55 bits per heavy atom. The van der Waals surface area contributed by atoms with Gasteiger partial charge in [0.2, 0.25) is 11.5 Å². The minimum absolute atomic E-state index is 0.0828. The Morgan fingerprint density at radius 3 is 2.19 bits per heavy atom. The molecule has 10 nitrogen and oxygen atoms in total. The Hall–Kier alpha value is -4.96. The van der Waals surface area contributed by atoms with E-state index < -0.39 is 17.3 Å². The smallest absolute Gasteiger partial charge is 0.349 e. The van der Waals surface area contributed by atoms with Crippen molar-refractivity contribution in [2.24, 2.45) is 0 Å². The van der Waals surface area contributed by atoms with Crippen LogP contribution in [0.2, 0.25) is 0 Å². The number of nitrogens with one attached hydrogen (secondary N) is 1. The molecule has 1 unspecified atom stereocenters. The number of aromatic amines is 1. The molecule has 2 N–H and O–H groups in total. The van der Waals surface area contributed by atoms with Gasteiger partial charge in [-0.15, -0.1) is 0 Å². The summed E-state index contributed by atoms with van der Waals surface area (Å²) < 4.78 is 11.7. The van der Waals surface area contributed by atoms with E-state index in [0.717, 1.165) is 5.56 Å². The maximum atomic E-state index is 12.6. The molecule has 4 aromatic rings. The average Bonchev–Trinajstić information content (AvgIpc) is 2.99. The van der Waals surface area contributed by atoms with Crippen LogP contribution in [0.15, 0.2) is 95.8 Å². The molecule has 1 aliphatic heterocycles. The van der Waals surface area contributed by atoms with Gasteiger partial charge >= 0.3 is 11.7 Å². The number of aromatic nitrogens is 2. The fourth-order valence-electron chi connectivity index (χ4n) is 4.80. The van der Waals surface area contributed by atoms with Gasteiger partial charge in [0.15, 0.2) is 5.78 Å². The first-order valence-corrected chi connectivity index (χ1v) is 13.7. The fourth-order valence-corrected chi connectivity index (χ4v) is 4.80. The Balaban J connectivity index is 1.19. The summed E-state index contributed by atoms with van der Waals surface area (Å²) in [7, 11) is 0. The van der Waals surface area contributed by atoms with E-state index in [1.807, 2.05) is 41.3 Å². The van der Waals surface area contributed by atoms with Crippen LogP contribution in [0, 0.1) is 0 Å². The number of hydrogen-bond acceptors (Lipinski definition) is 8. The summed E-state index contributed by atoms with van der Waals surface area (Å²) in [6.45, 7) is 4.48. The van der Waals surface area contributed by atoms with Crippen molar-refractivity contribution >= 4 is 17.6 Å². The van der Waals surface area contributed by atoms with Gasteiger partial charge in [0.25, 0.3) is 0 Å². The topological polar surface area (TPSA) is 125 Å². The summed E-state index contributed by atoms with van der Waals surface area (Å²) in [5.41, 5.74) is -0.557. The van der Waals surface area contributed by atoms with Crippen LogP contribution in [0.1, 0.15) is 22.8 Å². The number of carboxylic acid groups (broad SMARTS) is 1. The zero-order valence-electron chi connectivity index (χ0n) is 23.2. The number of carboxylic acids is 1. The van der Waals surface area contributed by atoms with E-state index in [0.29, 0.717) is 55.6 Å². The van der Waals surface area contributed by atoms with Crippen molar-refractivity contribution < 1.29 is 24.2 Å². The number of rotatable bonds is 11. The van der Waals surface area contributed by atoms with Crippen LogP contribution in [-0.4, -0.2) is 70.1 Å². The van der Waals surface area contributed by atoms with Crippen LogP contribution in [0.4, 0.5) is 5.82 Å². The number of ketones is 1. The predicted octanol–water partition coefficient (Wildman–Crippen LogP) is 4.03. The van der Waals surface area contributed by atoms with E-state index in [1.165, 1.54) is 6.92 Å². The Labute approximate surface area is 243 Å². The first kappa shape index (κ1) is 28.6. The number of hydrogen-bond donors (Lipinski definition) is 2. The first-order valence-electron chi connectivity index (χ1n) is 13.7. The third-order valence-electron chi connectivity index (χ3n) is 7.11. The highest BCUT2D eigenvalue weighted by Gasteiger charge is 2.36. The molecule has 0 radical (unpaired) electrons. The second kappa shape index (κ2) is 12.7. The van der Waals surface area contributed by atoms with Crippen molar-refractivity contribution in [3.8, 4) is 17.4 Å². The molecule has 1 aliphatic rings. The number of anilines is 1. The van der Waals surface area contributed by atoms with Gasteiger partial charge in [-0.1, -0.05) is 60.7 Å². The molecule has 0 bridgehead atoms. The Bertz CT molecular complexity index is 1570. The molecule has 1 aromatic heterocycles. The standard InChI is InChI=1S/C32H32N4O6/c1-32(30(38)39,42-26-10-6-3-7-11-26)21-23-12-14-25(15-13-23)41-29-20-28(33-31(40)34-29)36-18-16-35(17-19-36)22-27(37)24-8-4-2-5-9-24/h2-15,20H,16-19,21-22H2,1H3,(H,38,39)(H,33,34,40). The summed E-state index contributed by atoms with van der Waals surface area (Å²) in [5.74, 6) is 0.667. The lowest BCUT2D eigenvalue weighted by Crippen LogP contribution is -2.48. The molecular formula is C32H32N4O6. The number of ether oxygens (including phenoxy) is 2. The Kier molecular flexibility index (Phi) is 8.63. The summed E-state index contributed by atoms with van der Waals surface area (Å²) >= 11 is 0. The van der Waals surface area contributed by atoms with Gasteiger partial charge in [0.05, 0.1) is 6.54 Å². The normalized spacial score (nSPS) is 15.0. The summed E-state index contributed by atoms with van der Waals surface area (Å²) in [6, 6.07) is 26.7. The number of carbonyl (C=O) groups excluding carboxylic acids is 1. The molecule has 1 saturated heterocycles. The second-order valence-electron chi connectivity index (χ2n) is 10.3. The lowest BCUT2D eigenvalue weighted by atomic mass is 9.96. The lowest BCUT2D eigenvalue weighted by molar-refractivity contribution is -0.153. The van der Waals surface area contributed by atoms with Gasteiger partial charge in [0.1, 0.15) is 17.3 Å². The second-order valence-corrected chi connectivity index (χ2v) is 10.3. The molecule has 10 heteroatoms. The van der Waals surface area contributed by atoms with Crippen molar-refractivity contribution in [3.05, 3.63) is 113 Å². The molecule has 1 fully saturated rings. The van der Waals surface area contributed by atoms with Gasteiger partial charge < -0.3 is 19.5 Å². The monoisotopic (exact) mass is 568 g/mol. The highest BCUT2D eigenvalue weighted by atomic mass is 16.5. The van der Waals surface area contributed by atoms with E-state index in [4.69, 9.17) is 9.47 Å². The fraction of sp³-hybridized carbons (Fsp3) is 0.250. The molecular weight excluding hydrogens is 536 g/mol. The van der Waals surface area contributed by atoms with E-state index in [1.54, 1.807) is 54.6 Å². The van der Waals surface area contributed by atoms with Crippen molar-refractivity contribution in [2.45, 2.75) is 18.9 Å². The number of carbonyl (C=O) groups is 2. The van der Waals surface area contributed by atoms with Gasteiger partial charge in [-0.3, -0.25) is 14.7 Å². The number of nitrogens with zero attached hydrogens (tertiary/aromatic N) is 3. The minimum Gasteiger partial charge on any atom is -0.478 e. The molecule has 5 rings (SSSR count). The zero-order chi connectivity index (χ0) is 29.5. The number of aliphatic carboxylic acids is 1. The molecule has 3 aromatic carbocycles. The predicted molar refractivity (Wildman–Crippen MR) is 158 cm³/mol. The number of H-pyrrole nitrogens is 1. The molecule has 0 saturated carbocycles. The summed E-state index contributed by atoms with van der Waals surface area (Å²) in [6.07, 6.45) is 0.133. The molecule has 42 heavy (non-hydrogen) atoms. The van der Waals surface area contributed by atoms with Gasteiger partial charge in [-0.05, 0) is 36.8 Å². The summed E-state index contributed by atoms with van der Waals surface area (Å²) in [4.78, 5) is 47.8. The highest BCUT2D eigenvalue weighted by molar-refractivity contribution is 5.97. The van der Waals surface area contributed by atoms with E-state index in [-0.39, 0.29) is 18.1 Å². The maximum absolute atomic E-state index is 12.6. The van der Waals surface area contributed by atoms with Gasteiger partial charge in [-0.25, -0.2) is 9.59 Å². The highest BCUT2D eigenvalue weighted by Crippen LogP contribution is 2.26.